The monoisotopic (exact) mass is 178 g/mol. The van der Waals surface area contributed by atoms with Gasteiger partial charge in [0.1, 0.15) is 0 Å². The Morgan fingerprint density at radius 3 is 2.62 bits per heavy atom. The molecule has 4 aliphatic rings. The molecule has 0 aromatic carbocycles. The molecule has 2 saturated heterocycles. The first-order valence-electron chi connectivity index (χ1n) is 5.49. The van der Waals surface area contributed by atoms with Crippen LogP contribution in [0.4, 0.5) is 0 Å². The summed E-state index contributed by atoms with van der Waals surface area (Å²) in [4.78, 5) is 2.63. The summed E-state index contributed by atoms with van der Waals surface area (Å²) >= 11 is 0. The lowest BCUT2D eigenvalue weighted by atomic mass is 9.81. The summed E-state index contributed by atoms with van der Waals surface area (Å²) in [5.41, 5.74) is 6.04. The van der Waals surface area contributed by atoms with Crippen molar-refractivity contribution in [3.8, 4) is 0 Å². The summed E-state index contributed by atoms with van der Waals surface area (Å²) in [5, 5.41) is 0. The number of nitrogens with zero attached hydrogens (tertiary/aromatic N) is 1. The fourth-order valence-electron chi connectivity index (χ4n) is 3.13. The van der Waals surface area contributed by atoms with Crippen molar-refractivity contribution in [2.45, 2.75) is 31.3 Å². The molecular weight excluding hydrogens is 160 g/mol. The molecule has 3 unspecified atom stereocenters. The summed E-state index contributed by atoms with van der Waals surface area (Å²) in [7, 11) is 0. The Kier molecular flexibility index (Phi) is 1.74. The topological polar surface area (TPSA) is 29.3 Å². The largest absolute Gasteiger partial charge is 0.326 e. The van der Waals surface area contributed by atoms with Gasteiger partial charge in [0.05, 0.1) is 0 Å². The third-order valence-corrected chi connectivity index (χ3v) is 4.07. The van der Waals surface area contributed by atoms with Crippen LogP contribution in [0.5, 0.6) is 0 Å². The molecule has 3 fully saturated rings. The van der Waals surface area contributed by atoms with Gasteiger partial charge in [0, 0.05) is 25.2 Å². The Morgan fingerprint density at radius 1 is 1.31 bits per heavy atom. The first-order chi connectivity index (χ1) is 6.34. The van der Waals surface area contributed by atoms with E-state index in [0.29, 0.717) is 6.04 Å². The van der Waals surface area contributed by atoms with Gasteiger partial charge in [-0.2, -0.15) is 0 Å². The van der Waals surface area contributed by atoms with E-state index >= 15 is 0 Å². The zero-order chi connectivity index (χ0) is 8.84. The molecule has 2 aliphatic carbocycles. The number of allylic oxidation sites excluding steroid dienone is 2. The second kappa shape index (κ2) is 2.82. The molecule has 1 saturated carbocycles. The molecule has 13 heavy (non-hydrogen) atoms. The second-order valence-corrected chi connectivity index (χ2v) is 4.90. The van der Waals surface area contributed by atoms with Crippen molar-refractivity contribution < 1.29 is 0 Å². The van der Waals surface area contributed by atoms with Gasteiger partial charge in [-0.1, -0.05) is 12.2 Å². The molecule has 4 rings (SSSR count). The van der Waals surface area contributed by atoms with E-state index in [0.717, 1.165) is 17.9 Å². The van der Waals surface area contributed by atoms with E-state index in [2.05, 4.69) is 17.1 Å². The van der Waals surface area contributed by atoms with Crippen LogP contribution in [0.25, 0.3) is 0 Å². The van der Waals surface area contributed by atoms with Crippen molar-refractivity contribution in [3.05, 3.63) is 12.2 Å². The van der Waals surface area contributed by atoms with Crippen molar-refractivity contribution >= 4 is 0 Å². The molecule has 2 N–H and O–H groups in total. The Labute approximate surface area is 79.8 Å². The zero-order valence-electron chi connectivity index (χ0n) is 8.02. The van der Waals surface area contributed by atoms with Gasteiger partial charge < -0.3 is 5.73 Å². The lowest BCUT2D eigenvalue weighted by molar-refractivity contribution is 0.193. The van der Waals surface area contributed by atoms with Gasteiger partial charge in [0.15, 0.2) is 0 Å². The van der Waals surface area contributed by atoms with Crippen LogP contribution in [0.15, 0.2) is 12.2 Å². The molecule has 0 aromatic rings. The van der Waals surface area contributed by atoms with Crippen LogP contribution in [0.2, 0.25) is 0 Å². The summed E-state index contributed by atoms with van der Waals surface area (Å²) in [6.45, 7) is 2.57. The fraction of sp³-hybridized carbons (Fsp3) is 0.818. The third-order valence-electron chi connectivity index (χ3n) is 4.07. The molecule has 2 aliphatic heterocycles. The van der Waals surface area contributed by atoms with Crippen LogP contribution < -0.4 is 5.73 Å². The number of hydrogen-bond acceptors (Lipinski definition) is 2. The predicted octanol–water partition coefficient (Wildman–Crippen LogP) is 0.984. The van der Waals surface area contributed by atoms with E-state index in [9.17, 15) is 0 Å². The van der Waals surface area contributed by atoms with Crippen LogP contribution in [-0.2, 0) is 0 Å². The summed E-state index contributed by atoms with van der Waals surface area (Å²) in [5.74, 6) is 1.73. The highest BCUT2D eigenvalue weighted by atomic mass is 15.2. The molecule has 0 radical (unpaired) electrons. The van der Waals surface area contributed by atoms with Gasteiger partial charge in [-0.05, 0) is 31.1 Å². The predicted molar refractivity (Wildman–Crippen MR) is 53.3 cm³/mol. The van der Waals surface area contributed by atoms with E-state index in [4.69, 9.17) is 5.73 Å². The molecule has 2 bridgehead atoms. The molecule has 0 spiro atoms. The average Bonchev–Trinajstić information content (AvgIpc) is 2.78. The summed E-state index contributed by atoms with van der Waals surface area (Å²) in [6.07, 6.45) is 8.61. The van der Waals surface area contributed by atoms with Gasteiger partial charge in [-0.25, -0.2) is 0 Å². The maximum atomic E-state index is 6.04. The number of nitrogens with two attached hydrogens (primary N) is 1. The van der Waals surface area contributed by atoms with E-state index in [1.807, 2.05) is 0 Å². The van der Waals surface area contributed by atoms with Gasteiger partial charge >= 0.3 is 0 Å². The molecule has 3 atom stereocenters. The molecule has 2 nitrogen and oxygen atoms in total. The van der Waals surface area contributed by atoms with Crippen LogP contribution >= 0.6 is 0 Å². The molecule has 0 aromatic heterocycles. The van der Waals surface area contributed by atoms with Crippen molar-refractivity contribution in [2.75, 3.05) is 13.1 Å². The zero-order valence-corrected chi connectivity index (χ0v) is 8.02. The van der Waals surface area contributed by atoms with Crippen molar-refractivity contribution in [2.24, 2.45) is 17.6 Å². The van der Waals surface area contributed by atoms with Crippen LogP contribution in [0.3, 0.4) is 0 Å². The maximum absolute atomic E-state index is 6.04. The number of fused-ring (bicyclic) bond motifs is 1. The normalized spacial score (nSPS) is 44.2. The molecular formula is C11H18N2. The van der Waals surface area contributed by atoms with Crippen LogP contribution in [0.1, 0.15) is 19.3 Å². The van der Waals surface area contributed by atoms with Crippen molar-refractivity contribution in [3.63, 3.8) is 0 Å². The van der Waals surface area contributed by atoms with Crippen molar-refractivity contribution in [1.82, 2.24) is 4.90 Å². The lowest BCUT2D eigenvalue weighted by Gasteiger charge is -2.34. The van der Waals surface area contributed by atoms with Gasteiger partial charge in [-0.15, -0.1) is 0 Å². The quantitative estimate of drug-likeness (QED) is 0.639. The SMILES string of the molecule is NC1C2CC1N(CC1CC=CC1)C2. The molecule has 2 heteroatoms. The number of rotatable bonds is 2. The Bertz CT molecular complexity index is 228. The second-order valence-electron chi connectivity index (χ2n) is 4.90. The lowest BCUT2D eigenvalue weighted by Crippen LogP contribution is -2.50. The first-order valence-corrected chi connectivity index (χ1v) is 5.49. The van der Waals surface area contributed by atoms with E-state index in [1.54, 1.807) is 0 Å². The highest BCUT2D eigenvalue weighted by molar-refractivity contribution is 5.08. The van der Waals surface area contributed by atoms with Gasteiger partial charge in [0.25, 0.3) is 0 Å². The Morgan fingerprint density at radius 2 is 2.08 bits per heavy atom. The minimum atomic E-state index is 0.509. The van der Waals surface area contributed by atoms with Gasteiger partial charge in [0.2, 0.25) is 0 Å². The van der Waals surface area contributed by atoms with Crippen LogP contribution in [0, 0.1) is 11.8 Å². The van der Waals surface area contributed by atoms with Gasteiger partial charge in [-0.3, -0.25) is 4.90 Å². The third kappa shape index (κ3) is 1.16. The standard InChI is InChI=1S/C11H18N2/c12-11-9-5-10(11)13(7-9)6-8-3-1-2-4-8/h1-2,8-11H,3-7,12H2. The Hall–Kier alpha value is -0.340. The highest BCUT2D eigenvalue weighted by Crippen LogP contribution is 2.40. The first kappa shape index (κ1) is 8.01. The van der Waals surface area contributed by atoms with Crippen LogP contribution in [-0.4, -0.2) is 30.1 Å². The number of hydrogen-bond donors (Lipinski definition) is 1. The van der Waals surface area contributed by atoms with E-state index in [1.165, 1.54) is 32.4 Å². The smallest absolute Gasteiger partial charge is 0.0254 e. The minimum Gasteiger partial charge on any atom is -0.326 e. The molecule has 2 heterocycles. The molecule has 0 amide bonds. The Balaban J connectivity index is 1.56. The highest BCUT2D eigenvalue weighted by Gasteiger charge is 2.49. The average molecular weight is 178 g/mol. The van der Waals surface area contributed by atoms with E-state index in [-0.39, 0.29) is 0 Å². The minimum absolute atomic E-state index is 0.509. The summed E-state index contributed by atoms with van der Waals surface area (Å²) < 4.78 is 0. The maximum Gasteiger partial charge on any atom is 0.0254 e. The fourth-order valence-corrected chi connectivity index (χ4v) is 3.13. The van der Waals surface area contributed by atoms with Crippen molar-refractivity contribution in [1.29, 1.82) is 0 Å². The molecule has 72 valence electrons. The summed E-state index contributed by atoms with van der Waals surface area (Å²) in [6, 6.07) is 1.25. The van der Waals surface area contributed by atoms with E-state index < -0.39 is 0 Å².